The number of hydrogen-bond donors (Lipinski definition) is 2. The summed E-state index contributed by atoms with van der Waals surface area (Å²) in [5.41, 5.74) is 0. The summed E-state index contributed by atoms with van der Waals surface area (Å²) in [6.07, 6.45) is 2.73. The van der Waals surface area contributed by atoms with Gasteiger partial charge in [0.15, 0.2) is 0 Å². The van der Waals surface area contributed by atoms with Crippen LogP contribution in [-0.4, -0.2) is 69.4 Å². The first-order valence-corrected chi connectivity index (χ1v) is 9.45. The summed E-state index contributed by atoms with van der Waals surface area (Å²) in [6.45, 7) is 1.19. The molecular formula is C14H26N2O6S. The van der Waals surface area contributed by atoms with E-state index >= 15 is 0 Å². The molecule has 0 bridgehead atoms. The van der Waals surface area contributed by atoms with Crippen LogP contribution in [0, 0.1) is 5.92 Å². The quantitative estimate of drug-likeness (QED) is 0.538. The minimum Gasteiger partial charge on any atom is -0.481 e. The average molecular weight is 350 g/mol. The van der Waals surface area contributed by atoms with Crippen molar-refractivity contribution in [3.05, 3.63) is 0 Å². The lowest BCUT2D eigenvalue weighted by atomic mass is 9.93. The van der Waals surface area contributed by atoms with Crippen molar-refractivity contribution in [2.45, 2.75) is 32.1 Å². The van der Waals surface area contributed by atoms with Crippen LogP contribution in [-0.2, 0) is 24.3 Å². The molecule has 23 heavy (non-hydrogen) atoms. The maximum absolute atomic E-state index is 12.1. The lowest BCUT2D eigenvalue weighted by molar-refractivity contribution is -0.137. The summed E-state index contributed by atoms with van der Waals surface area (Å²) in [6, 6.07) is 0. The van der Waals surface area contributed by atoms with Crippen LogP contribution >= 0.6 is 0 Å². The zero-order valence-corrected chi connectivity index (χ0v) is 14.3. The highest BCUT2D eigenvalue weighted by molar-refractivity contribution is 7.89. The van der Waals surface area contributed by atoms with E-state index in [1.165, 1.54) is 7.11 Å². The fraction of sp³-hybridized carbons (Fsp3) is 0.857. The lowest BCUT2D eigenvalue weighted by Gasteiger charge is -2.32. The SMILES string of the molecule is COCCCS(=O)(=O)NCC(=O)N1CCCC(CCC(=O)O)C1. The molecule has 9 heteroatoms. The van der Waals surface area contributed by atoms with Crippen LogP contribution in [0.15, 0.2) is 0 Å². The number of carboxylic acids is 1. The van der Waals surface area contributed by atoms with Gasteiger partial charge in [-0.2, -0.15) is 0 Å². The van der Waals surface area contributed by atoms with Crippen molar-refractivity contribution in [3.63, 3.8) is 0 Å². The number of nitrogens with zero attached hydrogens (tertiary/aromatic N) is 1. The molecule has 0 spiro atoms. The van der Waals surface area contributed by atoms with Crippen molar-refractivity contribution in [2.75, 3.05) is 39.1 Å². The zero-order chi connectivity index (χ0) is 17.3. The lowest BCUT2D eigenvalue weighted by Crippen LogP contribution is -2.45. The molecule has 0 aromatic rings. The number of hydrogen-bond acceptors (Lipinski definition) is 5. The number of amides is 1. The molecule has 1 atom stereocenters. The average Bonchev–Trinajstić information content (AvgIpc) is 2.51. The monoisotopic (exact) mass is 350 g/mol. The Hall–Kier alpha value is -1.19. The topological polar surface area (TPSA) is 113 Å². The van der Waals surface area contributed by atoms with E-state index in [9.17, 15) is 18.0 Å². The van der Waals surface area contributed by atoms with Crippen molar-refractivity contribution in [3.8, 4) is 0 Å². The Morgan fingerprint density at radius 1 is 1.39 bits per heavy atom. The van der Waals surface area contributed by atoms with E-state index in [4.69, 9.17) is 9.84 Å². The number of piperidine rings is 1. The van der Waals surface area contributed by atoms with Crippen molar-refractivity contribution < 1.29 is 27.9 Å². The van der Waals surface area contributed by atoms with Crippen molar-refractivity contribution in [2.24, 2.45) is 5.92 Å². The number of carboxylic acid groups (broad SMARTS) is 1. The molecule has 0 aliphatic carbocycles. The van der Waals surface area contributed by atoms with Gasteiger partial charge < -0.3 is 14.7 Å². The van der Waals surface area contributed by atoms with Gasteiger partial charge in [0, 0.05) is 33.2 Å². The summed E-state index contributed by atoms with van der Waals surface area (Å²) in [5.74, 6) is -1.00. The maximum atomic E-state index is 12.1. The largest absolute Gasteiger partial charge is 0.481 e. The zero-order valence-electron chi connectivity index (χ0n) is 13.5. The fourth-order valence-corrected chi connectivity index (χ4v) is 3.59. The number of aliphatic carboxylic acids is 1. The summed E-state index contributed by atoms with van der Waals surface area (Å²) in [5, 5.41) is 8.72. The van der Waals surface area contributed by atoms with Crippen molar-refractivity contribution >= 4 is 21.9 Å². The van der Waals surface area contributed by atoms with E-state index in [1.54, 1.807) is 4.90 Å². The summed E-state index contributed by atoms with van der Waals surface area (Å²) < 4.78 is 30.6. The van der Waals surface area contributed by atoms with Crippen LogP contribution in [0.4, 0.5) is 0 Å². The maximum Gasteiger partial charge on any atom is 0.303 e. The first-order valence-electron chi connectivity index (χ1n) is 7.80. The van der Waals surface area contributed by atoms with Gasteiger partial charge in [-0.05, 0) is 31.6 Å². The summed E-state index contributed by atoms with van der Waals surface area (Å²) in [7, 11) is -1.98. The van der Waals surface area contributed by atoms with Gasteiger partial charge in [-0.25, -0.2) is 13.1 Å². The molecule has 8 nitrogen and oxygen atoms in total. The van der Waals surface area contributed by atoms with Crippen molar-refractivity contribution in [1.82, 2.24) is 9.62 Å². The van der Waals surface area contributed by atoms with E-state index in [2.05, 4.69) is 4.72 Å². The Balaban J connectivity index is 2.37. The molecule has 1 aliphatic rings. The number of carbonyl (C=O) groups excluding carboxylic acids is 1. The number of methoxy groups -OCH3 is 1. The highest BCUT2D eigenvalue weighted by Gasteiger charge is 2.24. The molecule has 1 saturated heterocycles. The molecule has 0 saturated carbocycles. The summed E-state index contributed by atoms with van der Waals surface area (Å²) >= 11 is 0. The minimum atomic E-state index is -3.48. The Labute approximate surface area is 137 Å². The number of ether oxygens (including phenoxy) is 1. The predicted molar refractivity (Wildman–Crippen MR) is 84.5 cm³/mol. The Morgan fingerprint density at radius 3 is 2.78 bits per heavy atom. The van der Waals surface area contributed by atoms with Gasteiger partial charge in [0.05, 0.1) is 12.3 Å². The highest BCUT2D eigenvalue weighted by atomic mass is 32.2. The number of nitrogens with one attached hydrogen (secondary N) is 1. The molecule has 1 amide bonds. The van der Waals surface area contributed by atoms with E-state index in [0.29, 0.717) is 32.5 Å². The van der Waals surface area contributed by atoms with Crippen LogP contribution < -0.4 is 4.72 Å². The third kappa shape index (κ3) is 8.29. The van der Waals surface area contributed by atoms with Gasteiger partial charge in [0.2, 0.25) is 15.9 Å². The first-order chi connectivity index (χ1) is 10.8. The fourth-order valence-electron chi connectivity index (χ4n) is 2.60. The van der Waals surface area contributed by atoms with Crippen LogP contribution in [0.2, 0.25) is 0 Å². The molecule has 2 N–H and O–H groups in total. The van der Waals surface area contributed by atoms with Crippen molar-refractivity contribution in [1.29, 1.82) is 0 Å². The van der Waals surface area contributed by atoms with Gasteiger partial charge in [-0.15, -0.1) is 0 Å². The van der Waals surface area contributed by atoms with Crippen LogP contribution in [0.25, 0.3) is 0 Å². The molecule has 134 valence electrons. The molecule has 1 heterocycles. The van der Waals surface area contributed by atoms with E-state index in [0.717, 1.165) is 12.8 Å². The van der Waals surface area contributed by atoms with Gasteiger partial charge in [0.25, 0.3) is 0 Å². The van der Waals surface area contributed by atoms with E-state index in [1.807, 2.05) is 0 Å². The molecule has 1 aliphatic heterocycles. The Kier molecular flexibility index (Phi) is 8.49. The van der Waals surface area contributed by atoms with Gasteiger partial charge in [0.1, 0.15) is 0 Å². The van der Waals surface area contributed by atoms with Gasteiger partial charge in [-0.1, -0.05) is 0 Å². The smallest absolute Gasteiger partial charge is 0.303 e. The second kappa shape index (κ2) is 9.84. The summed E-state index contributed by atoms with van der Waals surface area (Å²) in [4.78, 5) is 24.3. The van der Waals surface area contributed by atoms with Gasteiger partial charge in [-0.3, -0.25) is 9.59 Å². The Morgan fingerprint density at radius 2 is 2.13 bits per heavy atom. The number of sulfonamides is 1. The standard InChI is InChI=1S/C14H26N2O6S/c1-22-8-3-9-23(20,21)15-10-13(17)16-7-2-4-12(11-16)5-6-14(18)19/h12,15H,2-11H2,1H3,(H,18,19). The third-order valence-electron chi connectivity index (χ3n) is 3.84. The second-order valence-electron chi connectivity index (χ2n) is 5.77. The van der Waals surface area contributed by atoms with Crippen LogP contribution in [0.3, 0.4) is 0 Å². The molecule has 1 fully saturated rings. The molecular weight excluding hydrogens is 324 g/mol. The van der Waals surface area contributed by atoms with E-state index < -0.39 is 16.0 Å². The molecule has 1 rings (SSSR count). The van der Waals surface area contributed by atoms with Gasteiger partial charge >= 0.3 is 5.97 Å². The van der Waals surface area contributed by atoms with Crippen LogP contribution in [0.1, 0.15) is 32.1 Å². The Bertz CT molecular complexity index is 493. The number of carbonyl (C=O) groups is 2. The minimum absolute atomic E-state index is 0.0741. The first kappa shape index (κ1) is 19.9. The predicted octanol–water partition coefficient (Wildman–Crippen LogP) is 0.0457. The van der Waals surface area contributed by atoms with E-state index in [-0.39, 0.29) is 30.5 Å². The van der Waals surface area contributed by atoms with Crippen LogP contribution in [0.5, 0.6) is 0 Å². The number of likely N-dealkylation sites (tertiary alicyclic amines) is 1. The normalized spacial score (nSPS) is 18.8. The third-order valence-corrected chi connectivity index (χ3v) is 5.25. The molecule has 0 aromatic carbocycles. The second-order valence-corrected chi connectivity index (χ2v) is 7.69. The number of rotatable bonds is 10. The molecule has 0 radical (unpaired) electrons. The highest BCUT2D eigenvalue weighted by Crippen LogP contribution is 2.20. The molecule has 0 aromatic heterocycles. The molecule has 1 unspecified atom stereocenters.